The van der Waals surface area contributed by atoms with Crippen molar-refractivity contribution in [2.24, 2.45) is 7.05 Å². The lowest BCUT2D eigenvalue weighted by Gasteiger charge is -2.02. The Labute approximate surface area is 96.5 Å². The van der Waals surface area contributed by atoms with Crippen molar-refractivity contribution in [3.05, 3.63) is 36.0 Å². The fourth-order valence-corrected chi connectivity index (χ4v) is 2.06. The zero-order chi connectivity index (χ0) is 11.4. The normalized spacial score (nSPS) is 11.1. The number of hydrogen-bond acceptors (Lipinski definition) is 2. The van der Waals surface area contributed by atoms with Crippen molar-refractivity contribution in [3.63, 3.8) is 0 Å². The van der Waals surface area contributed by atoms with Gasteiger partial charge in [0.2, 0.25) is 0 Å². The Morgan fingerprint density at radius 3 is 2.88 bits per heavy atom. The molecular weight excluding hydrogens is 198 g/mol. The summed E-state index contributed by atoms with van der Waals surface area (Å²) in [6.07, 6.45) is 3.30. The molecule has 0 bridgehead atoms. The van der Waals surface area contributed by atoms with Crippen LogP contribution in [-0.2, 0) is 13.5 Å². The molecule has 2 aromatic rings. The van der Waals surface area contributed by atoms with Crippen molar-refractivity contribution < 1.29 is 0 Å². The van der Waals surface area contributed by atoms with E-state index in [0.717, 1.165) is 19.6 Å². The molecule has 1 aromatic heterocycles. The quantitative estimate of drug-likeness (QED) is 0.587. The van der Waals surface area contributed by atoms with E-state index in [0.29, 0.717) is 0 Å². The number of hydrogen-bond donors (Lipinski definition) is 2. The third-order valence-electron chi connectivity index (χ3n) is 2.85. The molecule has 0 spiro atoms. The van der Waals surface area contributed by atoms with Crippen LogP contribution >= 0.6 is 0 Å². The number of aryl methyl sites for hydroxylation is 1. The van der Waals surface area contributed by atoms with E-state index < -0.39 is 0 Å². The first-order valence-corrected chi connectivity index (χ1v) is 5.71. The topological polar surface area (TPSA) is 29.0 Å². The van der Waals surface area contributed by atoms with Crippen molar-refractivity contribution in [1.82, 2.24) is 15.2 Å². The number of fused-ring (bicyclic) bond motifs is 1. The molecule has 0 amide bonds. The van der Waals surface area contributed by atoms with Gasteiger partial charge in [0.05, 0.1) is 0 Å². The Balaban J connectivity index is 2.12. The van der Waals surface area contributed by atoms with Crippen molar-refractivity contribution in [1.29, 1.82) is 0 Å². The Hall–Kier alpha value is -1.32. The average molecular weight is 217 g/mol. The van der Waals surface area contributed by atoms with Gasteiger partial charge in [0.25, 0.3) is 0 Å². The van der Waals surface area contributed by atoms with E-state index in [1.54, 1.807) is 0 Å². The highest BCUT2D eigenvalue weighted by molar-refractivity contribution is 5.83. The van der Waals surface area contributed by atoms with E-state index in [1.165, 1.54) is 16.5 Å². The van der Waals surface area contributed by atoms with E-state index in [9.17, 15) is 0 Å². The summed E-state index contributed by atoms with van der Waals surface area (Å²) in [5, 5.41) is 7.79. The molecule has 0 saturated heterocycles. The number of rotatable bonds is 5. The Kier molecular flexibility index (Phi) is 3.59. The zero-order valence-corrected chi connectivity index (χ0v) is 9.96. The second-order valence-electron chi connectivity index (χ2n) is 4.06. The standard InChI is InChI=1S/C13H19N3/c1-14-10-15-8-7-11-9-16(2)13-6-4-3-5-12(11)13/h3-6,9,14-15H,7-8,10H2,1-2H3. The molecule has 0 aliphatic carbocycles. The first-order valence-electron chi connectivity index (χ1n) is 5.71. The number of aromatic nitrogens is 1. The predicted octanol–water partition coefficient (Wildman–Crippen LogP) is 1.49. The minimum Gasteiger partial charge on any atom is -0.350 e. The molecule has 0 fully saturated rings. The fourth-order valence-electron chi connectivity index (χ4n) is 2.06. The third-order valence-corrected chi connectivity index (χ3v) is 2.85. The summed E-state index contributed by atoms with van der Waals surface area (Å²) in [6, 6.07) is 8.56. The van der Waals surface area contributed by atoms with Crippen LogP contribution in [0.25, 0.3) is 10.9 Å². The van der Waals surface area contributed by atoms with Crippen LogP contribution in [0, 0.1) is 0 Å². The fraction of sp³-hybridized carbons (Fsp3) is 0.385. The van der Waals surface area contributed by atoms with Gasteiger partial charge in [-0.1, -0.05) is 18.2 Å². The number of para-hydroxylation sites is 1. The molecular formula is C13H19N3. The lowest BCUT2D eigenvalue weighted by atomic mass is 10.1. The van der Waals surface area contributed by atoms with Crippen LogP contribution < -0.4 is 10.6 Å². The maximum absolute atomic E-state index is 3.34. The summed E-state index contributed by atoms with van der Waals surface area (Å²) in [5.41, 5.74) is 2.73. The average Bonchev–Trinajstić information content (AvgIpc) is 2.63. The van der Waals surface area contributed by atoms with Crippen LogP contribution in [0.4, 0.5) is 0 Å². The molecule has 3 heteroatoms. The first-order chi connectivity index (χ1) is 7.83. The molecule has 1 aromatic carbocycles. The van der Waals surface area contributed by atoms with Crippen molar-refractivity contribution in [2.75, 3.05) is 20.3 Å². The maximum atomic E-state index is 3.34. The minimum atomic E-state index is 0.866. The molecule has 0 aliphatic heterocycles. The maximum Gasteiger partial charge on any atom is 0.0480 e. The molecule has 0 atom stereocenters. The molecule has 0 saturated carbocycles. The monoisotopic (exact) mass is 217 g/mol. The molecule has 0 radical (unpaired) electrons. The third kappa shape index (κ3) is 2.26. The summed E-state index contributed by atoms with van der Waals surface area (Å²) in [4.78, 5) is 0. The highest BCUT2D eigenvalue weighted by atomic mass is 15.0. The van der Waals surface area contributed by atoms with Crippen LogP contribution in [0.5, 0.6) is 0 Å². The van der Waals surface area contributed by atoms with Gasteiger partial charge in [0.15, 0.2) is 0 Å². The molecule has 16 heavy (non-hydrogen) atoms. The van der Waals surface area contributed by atoms with E-state index in [4.69, 9.17) is 0 Å². The molecule has 0 unspecified atom stereocenters. The second-order valence-corrected chi connectivity index (χ2v) is 4.06. The molecule has 86 valence electrons. The second kappa shape index (κ2) is 5.14. The van der Waals surface area contributed by atoms with Crippen LogP contribution in [0.3, 0.4) is 0 Å². The lowest BCUT2D eigenvalue weighted by molar-refractivity contribution is 0.631. The van der Waals surface area contributed by atoms with Gasteiger partial charge in [0, 0.05) is 37.4 Å². The van der Waals surface area contributed by atoms with E-state index >= 15 is 0 Å². The van der Waals surface area contributed by atoms with Crippen molar-refractivity contribution >= 4 is 10.9 Å². The van der Waals surface area contributed by atoms with Crippen LogP contribution in [0.1, 0.15) is 5.56 Å². The molecule has 0 aliphatic rings. The van der Waals surface area contributed by atoms with Gasteiger partial charge in [-0.2, -0.15) is 0 Å². The zero-order valence-electron chi connectivity index (χ0n) is 9.96. The largest absolute Gasteiger partial charge is 0.350 e. The van der Waals surface area contributed by atoms with Gasteiger partial charge in [-0.3, -0.25) is 0 Å². The van der Waals surface area contributed by atoms with Crippen LogP contribution in [-0.4, -0.2) is 24.8 Å². The first kappa shape index (κ1) is 11.2. The highest BCUT2D eigenvalue weighted by Crippen LogP contribution is 2.20. The van der Waals surface area contributed by atoms with Crippen LogP contribution in [0.2, 0.25) is 0 Å². The van der Waals surface area contributed by atoms with Gasteiger partial charge in [-0.15, -0.1) is 0 Å². The van der Waals surface area contributed by atoms with E-state index in [2.05, 4.69) is 52.7 Å². The number of nitrogens with zero attached hydrogens (tertiary/aromatic N) is 1. The van der Waals surface area contributed by atoms with Gasteiger partial charge in [-0.05, 0) is 25.1 Å². The summed E-state index contributed by atoms with van der Waals surface area (Å²) >= 11 is 0. The molecule has 2 N–H and O–H groups in total. The summed E-state index contributed by atoms with van der Waals surface area (Å²) in [5.74, 6) is 0. The number of nitrogens with one attached hydrogen (secondary N) is 2. The summed E-state index contributed by atoms with van der Waals surface area (Å²) in [6.45, 7) is 1.87. The Bertz CT molecular complexity index is 459. The SMILES string of the molecule is CNCNCCc1cn(C)c2ccccc12. The highest BCUT2D eigenvalue weighted by Gasteiger charge is 2.04. The Morgan fingerprint density at radius 1 is 1.25 bits per heavy atom. The van der Waals surface area contributed by atoms with Gasteiger partial charge < -0.3 is 15.2 Å². The minimum absolute atomic E-state index is 0.866. The van der Waals surface area contributed by atoms with Gasteiger partial charge in [0.1, 0.15) is 0 Å². The summed E-state index contributed by atoms with van der Waals surface area (Å²) in [7, 11) is 4.05. The summed E-state index contributed by atoms with van der Waals surface area (Å²) < 4.78 is 2.20. The van der Waals surface area contributed by atoms with Crippen LogP contribution in [0.15, 0.2) is 30.5 Å². The molecule has 1 heterocycles. The Morgan fingerprint density at radius 2 is 2.06 bits per heavy atom. The predicted molar refractivity (Wildman–Crippen MR) is 68.6 cm³/mol. The van der Waals surface area contributed by atoms with E-state index in [-0.39, 0.29) is 0 Å². The van der Waals surface area contributed by atoms with E-state index in [1.807, 2.05) is 7.05 Å². The molecule has 2 rings (SSSR count). The van der Waals surface area contributed by atoms with Gasteiger partial charge in [-0.25, -0.2) is 0 Å². The lowest BCUT2D eigenvalue weighted by Crippen LogP contribution is -2.27. The van der Waals surface area contributed by atoms with Gasteiger partial charge >= 0.3 is 0 Å². The number of benzene rings is 1. The van der Waals surface area contributed by atoms with Crippen molar-refractivity contribution in [3.8, 4) is 0 Å². The molecule has 3 nitrogen and oxygen atoms in total. The smallest absolute Gasteiger partial charge is 0.0480 e. The van der Waals surface area contributed by atoms with Crippen molar-refractivity contribution in [2.45, 2.75) is 6.42 Å².